The molecule has 0 bridgehead atoms. The predicted molar refractivity (Wildman–Crippen MR) is 217 cm³/mol. The number of nitrogens with zero attached hydrogens (tertiary/aromatic N) is 2. The molecule has 54 heavy (non-hydrogen) atoms. The Morgan fingerprint density at radius 2 is 0.926 bits per heavy atom. The summed E-state index contributed by atoms with van der Waals surface area (Å²) in [6.45, 7) is 6.74. The minimum atomic E-state index is -0.761. The van der Waals surface area contributed by atoms with Gasteiger partial charge in [0.15, 0.2) is 0 Å². The van der Waals surface area contributed by atoms with Crippen molar-refractivity contribution in [2.75, 3.05) is 0 Å². The van der Waals surface area contributed by atoms with Crippen LogP contribution in [-0.4, -0.2) is 9.97 Å². The second-order valence-electron chi connectivity index (χ2n) is 14.9. The maximum Gasteiger partial charge on any atom is 2.00 e. The van der Waals surface area contributed by atoms with E-state index < -0.39 is 5.41 Å². The molecule has 1 aliphatic carbocycles. The first-order valence-electron chi connectivity index (χ1n) is 18.2. The van der Waals surface area contributed by atoms with Crippen LogP contribution in [0.2, 0.25) is 0 Å². The van der Waals surface area contributed by atoms with Crippen molar-refractivity contribution in [2.45, 2.75) is 31.6 Å². The van der Waals surface area contributed by atoms with Crippen molar-refractivity contribution in [3.05, 3.63) is 216 Å². The van der Waals surface area contributed by atoms with Gasteiger partial charge in [0.1, 0.15) is 0 Å². The van der Waals surface area contributed by atoms with Crippen molar-refractivity contribution < 1.29 is 21.1 Å². The zero-order chi connectivity index (χ0) is 36.0. The van der Waals surface area contributed by atoms with Gasteiger partial charge in [0.25, 0.3) is 0 Å². The van der Waals surface area contributed by atoms with Crippen LogP contribution in [0.5, 0.6) is 0 Å². The Morgan fingerprint density at radius 3 is 1.44 bits per heavy atom. The number of aromatic nitrogens is 2. The average molecular weight is 874 g/mol. The van der Waals surface area contributed by atoms with Gasteiger partial charge in [0.2, 0.25) is 0 Å². The van der Waals surface area contributed by atoms with Crippen molar-refractivity contribution in [3.8, 4) is 55.9 Å². The summed E-state index contributed by atoms with van der Waals surface area (Å²) >= 11 is 0. The molecule has 6 aromatic carbocycles. The molecule has 8 aromatic rings. The fraction of sp³-hybridized carbons (Fsp3) is 0.0980. The number of pyridine rings is 2. The van der Waals surface area contributed by atoms with E-state index in [1.165, 1.54) is 27.8 Å². The molecule has 0 fully saturated rings. The van der Waals surface area contributed by atoms with Crippen LogP contribution < -0.4 is 0 Å². The normalized spacial score (nSPS) is 12.7. The van der Waals surface area contributed by atoms with Crippen LogP contribution in [0, 0.1) is 12.1 Å². The Balaban J connectivity index is 0.00000413. The van der Waals surface area contributed by atoms with Gasteiger partial charge in [0, 0.05) is 17.8 Å². The molecular weight excluding hydrogens is 836 g/mol. The third-order valence-electron chi connectivity index (χ3n) is 10.6. The van der Waals surface area contributed by atoms with Crippen LogP contribution >= 0.6 is 0 Å². The monoisotopic (exact) mass is 873 g/mol. The summed E-state index contributed by atoms with van der Waals surface area (Å²) in [5, 5.41) is 0. The molecule has 1 aliphatic rings. The molecular formula is C51H38N2Pt. The smallest absolute Gasteiger partial charge is 0.305 e. The quantitative estimate of drug-likeness (QED) is 0.156. The molecule has 2 heterocycles. The molecule has 262 valence electrons. The molecule has 0 saturated heterocycles. The van der Waals surface area contributed by atoms with Gasteiger partial charge in [-0.2, -0.15) is 0 Å². The Hall–Kier alpha value is -5.69. The summed E-state index contributed by atoms with van der Waals surface area (Å²) in [7, 11) is 0. The molecule has 0 N–H and O–H groups in total. The van der Waals surface area contributed by atoms with E-state index in [1.54, 1.807) is 0 Å². The van der Waals surface area contributed by atoms with E-state index in [4.69, 9.17) is 9.97 Å². The minimum absolute atomic E-state index is 0. The third kappa shape index (κ3) is 6.15. The number of hydrogen-bond acceptors (Lipinski definition) is 2. The first kappa shape index (κ1) is 35.3. The first-order valence-corrected chi connectivity index (χ1v) is 18.2. The maximum atomic E-state index is 4.97. The van der Waals surface area contributed by atoms with Crippen LogP contribution in [0.25, 0.3) is 55.9 Å². The molecule has 9 rings (SSSR count). The van der Waals surface area contributed by atoms with Crippen molar-refractivity contribution in [2.24, 2.45) is 0 Å². The zero-order valence-electron chi connectivity index (χ0n) is 30.5. The van der Waals surface area contributed by atoms with E-state index in [2.05, 4.69) is 185 Å². The summed E-state index contributed by atoms with van der Waals surface area (Å²) in [4.78, 5) is 9.79. The van der Waals surface area contributed by atoms with Crippen LogP contribution in [-0.2, 0) is 31.9 Å². The standard InChI is InChI=1S/C51H38N2.Pt/c1-50(2,3)41-25-27-53-49(34-41)40-29-38(36-18-8-5-9-19-36)31-43(33-40)51(46-22-12-10-20-44(46)45-21-11-13-23-47(45)51)42-30-37(35-16-6-4-7-17-35)28-39(32-42)48-24-14-15-26-52-48;/h4-31,34H,1-3H3;/q-2;+2. The summed E-state index contributed by atoms with van der Waals surface area (Å²) in [6.07, 6.45) is 3.79. The number of hydrogen-bond donors (Lipinski definition) is 0. The first-order chi connectivity index (χ1) is 25.9. The molecule has 0 aliphatic heterocycles. The van der Waals surface area contributed by atoms with E-state index in [-0.39, 0.29) is 26.5 Å². The minimum Gasteiger partial charge on any atom is -0.305 e. The molecule has 0 unspecified atom stereocenters. The van der Waals surface area contributed by atoms with E-state index >= 15 is 0 Å². The van der Waals surface area contributed by atoms with E-state index in [0.717, 1.165) is 55.9 Å². The summed E-state index contributed by atoms with van der Waals surface area (Å²) in [5.74, 6) is 0. The van der Waals surface area contributed by atoms with Gasteiger partial charge < -0.3 is 9.97 Å². The SMILES string of the molecule is CC(C)(C)c1ccnc(-c2[c-]c(C3(c4[c-]c(-c5ccccn5)cc(-c5ccccc5)c4)c4ccccc4-c4ccccc43)cc(-c3ccccc3)c2)c1.[Pt+2]. The van der Waals surface area contributed by atoms with E-state index in [1.807, 2.05) is 24.5 Å². The van der Waals surface area contributed by atoms with Gasteiger partial charge in [-0.25, -0.2) is 0 Å². The Morgan fingerprint density at radius 1 is 0.444 bits per heavy atom. The van der Waals surface area contributed by atoms with Gasteiger partial charge in [-0.1, -0.05) is 148 Å². The fourth-order valence-electron chi connectivity index (χ4n) is 7.94. The van der Waals surface area contributed by atoms with Crippen molar-refractivity contribution in [1.29, 1.82) is 0 Å². The molecule has 0 spiro atoms. The van der Waals surface area contributed by atoms with Gasteiger partial charge in [-0.3, -0.25) is 0 Å². The number of fused-ring (bicyclic) bond motifs is 3. The van der Waals surface area contributed by atoms with Gasteiger partial charge in [-0.15, -0.1) is 69.8 Å². The van der Waals surface area contributed by atoms with Gasteiger partial charge in [0.05, 0.1) is 0 Å². The molecule has 2 aromatic heterocycles. The molecule has 0 atom stereocenters. The molecule has 0 saturated carbocycles. The van der Waals surface area contributed by atoms with Crippen LogP contribution in [0.4, 0.5) is 0 Å². The summed E-state index contributed by atoms with van der Waals surface area (Å²) < 4.78 is 0. The third-order valence-corrected chi connectivity index (χ3v) is 10.6. The molecule has 0 amide bonds. The van der Waals surface area contributed by atoms with Crippen LogP contribution in [0.1, 0.15) is 48.6 Å². The number of rotatable bonds is 6. The molecule has 3 heteroatoms. The fourth-order valence-corrected chi connectivity index (χ4v) is 7.94. The average Bonchev–Trinajstić information content (AvgIpc) is 3.52. The van der Waals surface area contributed by atoms with Crippen LogP contribution in [0.15, 0.2) is 176 Å². The van der Waals surface area contributed by atoms with Crippen molar-refractivity contribution in [3.63, 3.8) is 0 Å². The van der Waals surface area contributed by atoms with E-state index in [0.29, 0.717) is 0 Å². The Bertz CT molecular complexity index is 2490. The molecule has 2 nitrogen and oxygen atoms in total. The predicted octanol–water partition coefficient (Wildman–Crippen LogP) is 12.4. The summed E-state index contributed by atoms with van der Waals surface area (Å²) in [5.41, 5.74) is 15.6. The zero-order valence-corrected chi connectivity index (χ0v) is 32.7. The van der Waals surface area contributed by atoms with Crippen molar-refractivity contribution >= 4 is 0 Å². The maximum absolute atomic E-state index is 4.97. The number of benzene rings is 6. The van der Waals surface area contributed by atoms with Crippen molar-refractivity contribution in [1.82, 2.24) is 9.97 Å². The second kappa shape index (κ2) is 14.3. The van der Waals surface area contributed by atoms with Gasteiger partial charge >= 0.3 is 21.1 Å². The molecule has 0 radical (unpaired) electrons. The summed E-state index contributed by atoms with van der Waals surface area (Å²) in [6, 6.07) is 66.6. The van der Waals surface area contributed by atoms with E-state index in [9.17, 15) is 0 Å². The largest absolute Gasteiger partial charge is 2.00 e. The van der Waals surface area contributed by atoms with Crippen LogP contribution in [0.3, 0.4) is 0 Å². The Kier molecular flexibility index (Phi) is 9.34. The Labute approximate surface area is 332 Å². The second-order valence-corrected chi connectivity index (χ2v) is 14.9. The van der Waals surface area contributed by atoms with Gasteiger partial charge in [-0.05, 0) is 67.9 Å². The topological polar surface area (TPSA) is 25.8 Å².